The number of piperazine rings is 1. The summed E-state index contributed by atoms with van der Waals surface area (Å²) in [6, 6.07) is 8.00. The van der Waals surface area contributed by atoms with Gasteiger partial charge < -0.3 is 19.1 Å². The van der Waals surface area contributed by atoms with E-state index in [1.165, 1.54) is 12.3 Å². The standard InChI is InChI=1S/C22H26N4O4/c1-23-7-9-24(10-8-23)22(29)20-16-12-15(17-4-2-6-19(27)26(17)20)13-25(14-16)21(28)18-5-3-11-30-18/h2-6,11,15-16,20H,7-10,12-14H2,1H3/t15-,16+,20+/m0/s1. The van der Waals surface area contributed by atoms with Crippen LogP contribution in [0.25, 0.3) is 0 Å². The van der Waals surface area contributed by atoms with Crippen LogP contribution in [0, 0.1) is 5.92 Å². The van der Waals surface area contributed by atoms with E-state index in [2.05, 4.69) is 4.90 Å². The molecule has 2 amide bonds. The second kappa shape index (κ2) is 7.43. The molecule has 2 saturated heterocycles. The molecule has 8 heteroatoms. The molecule has 0 saturated carbocycles. The van der Waals surface area contributed by atoms with Crippen molar-refractivity contribution in [1.82, 2.24) is 19.3 Å². The van der Waals surface area contributed by atoms with E-state index in [4.69, 9.17) is 4.42 Å². The quantitative estimate of drug-likeness (QED) is 0.739. The van der Waals surface area contributed by atoms with Crippen molar-refractivity contribution in [3.05, 3.63) is 58.4 Å². The maximum absolute atomic E-state index is 13.6. The first-order valence-electron chi connectivity index (χ1n) is 10.5. The van der Waals surface area contributed by atoms with Crippen LogP contribution in [0.3, 0.4) is 0 Å². The smallest absolute Gasteiger partial charge is 0.289 e. The van der Waals surface area contributed by atoms with Gasteiger partial charge in [-0.3, -0.25) is 19.0 Å². The van der Waals surface area contributed by atoms with Gasteiger partial charge in [-0.05, 0) is 31.7 Å². The number of carbonyl (C=O) groups is 2. The molecule has 158 valence electrons. The lowest BCUT2D eigenvalue weighted by atomic mass is 9.77. The van der Waals surface area contributed by atoms with E-state index in [0.29, 0.717) is 31.9 Å². The fourth-order valence-electron chi connectivity index (χ4n) is 5.19. The third-order valence-electron chi connectivity index (χ3n) is 6.73. The minimum Gasteiger partial charge on any atom is -0.459 e. The van der Waals surface area contributed by atoms with E-state index >= 15 is 0 Å². The van der Waals surface area contributed by atoms with Crippen LogP contribution in [0.4, 0.5) is 0 Å². The number of rotatable bonds is 2. The molecule has 5 heterocycles. The van der Waals surface area contributed by atoms with E-state index in [9.17, 15) is 14.4 Å². The molecule has 3 aliphatic rings. The predicted octanol–water partition coefficient (Wildman–Crippen LogP) is 1.02. The van der Waals surface area contributed by atoms with Crippen molar-refractivity contribution in [2.24, 2.45) is 5.92 Å². The number of likely N-dealkylation sites (N-methyl/N-ethyl adjacent to an activating group) is 1. The highest BCUT2D eigenvalue weighted by Crippen LogP contribution is 2.42. The summed E-state index contributed by atoms with van der Waals surface area (Å²) in [4.78, 5) is 45.2. The maximum atomic E-state index is 13.6. The van der Waals surface area contributed by atoms with Crippen molar-refractivity contribution in [3.63, 3.8) is 0 Å². The van der Waals surface area contributed by atoms with Gasteiger partial charge in [-0.25, -0.2) is 0 Å². The van der Waals surface area contributed by atoms with Crippen molar-refractivity contribution in [3.8, 4) is 0 Å². The molecular weight excluding hydrogens is 384 g/mol. The number of hydrogen-bond acceptors (Lipinski definition) is 5. The molecule has 3 atom stereocenters. The highest BCUT2D eigenvalue weighted by molar-refractivity contribution is 5.91. The Morgan fingerprint density at radius 2 is 1.80 bits per heavy atom. The number of fused-ring (bicyclic) bond motifs is 4. The summed E-state index contributed by atoms with van der Waals surface area (Å²) in [6.07, 6.45) is 2.29. The molecule has 30 heavy (non-hydrogen) atoms. The Hall–Kier alpha value is -2.87. The largest absolute Gasteiger partial charge is 0.459 e. The second-order valence-corrected chi connectivity index (χ2v) is 8.61. The van der Waals surface area contributed by atoms with Crippen LogP contribution in [0.15, 0.2) is 45.8 Å². The first-order chi connectivity index (χ1) is 14.5. The van der Waals surface area contributed by atoms with Gasteiger partial charge >= 0.3 is 0 Å². The van der Waals surface area contributed by atoms with Gasteiger partial charge in [-0.15, -0.1) is 0 Å². The number of likely N-dealkylation sites (tertiary alicyclic amines) is 1. The molecule has 0 N–H and O–H groups in total. The SMILES string of the molecule is CN1CCN(C(=O)[C@H]2[C@@H]3C[C@@H](CN(C(=O)c4ccco4)C3)c3cccc(=O)n32)CC1. The molecule has 0 aromatic carbocycles. The van der Waals surface area contributed by atoms with Crippen LogP contribution in [0.2, 0.25) is 0 Å². The zero-order valence-corrected chi connectivity index (χ0v) is 17.1. The van der Waals surface area contributed by atoms with Crippen molar-refractivity contribution in [2.45, 2.75) is 18.4 Å². The van der Waals surface area contributed by atoms with Gasteiger partial charge in [-0.2, -0.15) is 0 Å². The van der Waals surface area contributed by atoms with Crippen molar-refractivity contribution in [1.29, 1.82) is 0 Å². The van der Waals surface area contributed by atoms with Crippen LogP contribution < -0.4 is 5.56 Å². The lowest BCUT2D eigenvalue weighted by Crippen LogP contribution is -2.57. The van der Waals surface area contributed by atoms with Crippen molar-refractivity contribution >= 4 is 11.8 Å². The molecule has 2 aromatic heterocycles. The third kappa shape index (κ3) is 3.15. The predicted molar refractivity (Wildman–Crippen MR) is 109 cm³/mol. The highest BCUT2D eigenvalue weighted by atomic mass is 16.3. The fraction of sp³-hybridized carbons (Fsp3) is 0.500. The highest BCUT2D eigenvalue weighted by Gasteiger charge is 2.46. The molecule has 8 nitrogen and oxygen atoms in total. The van der Waals surface area contributed by atoms with E-state index in [1.807, 2.05) is 18.0 Å². The monoisotopic (exact) mass is 410 g/mol. The normalized spacial score (nSPS) is 26.4. The third-order valence-corrected chi connectivity index (χ3v) is 6.73. The van der Waals surface area contributed by atoms with Crippen LogP contribution in [-0.4, -0.2) is 77.4 Å². The van der Waals surface area contributed by atoms with Gasteiger partial charge in [0, 0.05) is 62.9 Å². The number of hydrogen-bond donors (Lipinski definition) is 0. The molecular formula is C22H26N4O4. The van der Waals surface area contributed by atoms with Gasteiger partial charge in [0.15, 0.2) is 5.76 Å². The van der Waals surface area contributed by atoms with E-state index in [-0.39, 0.29) is 29.2 Å². The summed E-state index contributed by atoms with van der Waals surface area (Å²) >= 11 is 0. The Kier molecular flexibility index (Phi) is 4.73. The summed E-state index contributed by atoms with van der Waals surface area (Å²) in [5, 5.41) is 0. The van der Waals surface area contributed by atoms with E-state index in [0.717, 1.165) is 25.2 Å². The molecule has 2 aromatic rings. The number of furan rings is 1. The number of aromatic nitrogens is 1. The summed E-state index contributed by atoms with van der Waals surface area (Å²) in [5.74, 6) is 0.0820. The number of piperidine rings is 1. The molecule has 2 bridgehead atoms. The van der Waals surface area contributed by atoms with Crippen molar-refractivity contribution in [2.75, 3.05) is 46.3 Å². The topological polar surface area (TPSA) is 79.0 Å². The maximum Gasteiger partial charge on any atom is 0.289 e. The molecule has 2 fully saturated rings. The molecule has 0 radical (unpaired) electrons. The Balaban J connectivity index is 1.50. The average Bonchev–Trinajstić information content (AvgIpc) is 3.29. The van der Waals surface area contributed by atoms with Crippen LogP contribution in [0.1, 0.15) is 34.6 Å². The molecule has 0 aliphatic carbocycles. The number of carbonyl (C=O) groups excluding carboxylic acids is 2. The zero-order valence-electron chi connectivity index (χ0n) is 17.1. The molecule has 3 aliphatic heterocycles. The first-order valence-corrected chi connectivity index (χ1v) is 10.5. The molecule has 0 spiro atoms. The first kappa shape index (κ1) is 19.1. The Bertz CT molecular complexity index is 1010. The minimum atomic E-state index is -0.569. The number of amides is 2. The van der Waals surface area contributed by atoms with Crippen LogP contribution in [0.5, 0.6) is 0 Å². The molecule has 0 unspecified atom stereocenters. The van der Waals surface area contributed by atoms with Gasteiger partial charge in [0.2, 0.25) is 5.91 Å². The summed E-state index contributed by atoms with van der Waals surface area (Å²) in [6.45, 7) is 3.94. The Morgan fingerprint density at radius 3 is 2.53 bits per heavy atom. The van der Waals surface area contributed by atoms with Gasteiger partial charge in [-0.1, -0.05) is 6.07 Å². The lowest BCUT2D eigenvalue weighted by molar-refractivity contribution is -0.139. The average molecular weight is 410 g/mol. The minimum absolute atomic E-state index is 0.00611. The van der Waals surface area contributed by atoms with E-state index in [1.54, 1.807) is 27.7 Å². The fourth-order valence-corrected chi connectivity index (χ4v) is 5.19. The Morgan fingerprint density at radius 1 is 1.00 bits per heavy atom. The number of pyridine rings is 1. The Labute approximate surface area is 174 Å². The van der Waals surface area contributed by atoms with E-state index < -0.39 is 6.04 Å². The summed E-state index contributed by atoms with van der Waals surface area (Å²) < 4.78 is 7.02. The van der Waals surface area contributed by atoms with Crippen LogP contribution in [-0.2, 0) is 4.79 Å². The number of nitrogens with zero attached hydrogens (tertiary/aromatic N) is 4. The lowest BCUT2D eigenvalue weighted by Gasteiger charge is -2.47. The molecule has 5 rings (SSSR count). The second-order valence-electron chi connectivity index (χ2n) is 8.61. The van der Waals surface area contributed by atoms with Gasteiger partial charge in [0.25, 0.3) is 11.5 Å². The summed E-state index contributed by atoms with van der Waals surface area (Å²) in [7, 11) is 2.05. The van der Waals surface area contributed by atoms with Gasteiger partial charge in [0.05, 0.1) is 6.26 Å². The van der Waals surface area contributed by atoms with Gasteiger partial charge in [0.1, 0.15) is 6.04 Å². The zero-order chi connectivity index (χ0) is 20.8. The van der Waals surface area contributed by atoms with Crippen molar-refractivity contribution < 1.29 is 14.0 Å². The van der Waals surface area contributed by atoms with Crippen LogP contribution >= 0.6 is 0 Å². The summed E-state index contributed by atoms with van der Waals surface area (Å²) in [5.41, 5.74) is 0.712.